The summed E-state index contributed by atoms with van der Waals surface area (Å²) in [7, 11) is 0. The summed E-state index contributed by atoms with van der Waals surface area (Å²) in [4.78, 5) is 23.1. The largest absolute Gasteiger partial charge is 0.398 e. The second-order valence-electron chi connectivity index (χ2n) is 4.00. The van der Waals surface area contributed by atoms with Gasteiger partial charge in [0.05, 0.1) is 10.7 Å². The van der Waals surface area contributed by atoms with E-state index in [0.29, 0.717) is 42.6 Å². The van der Waals surface area contributed by atoms with Crippen LogP contribution in [0.15, 0.2) is 18.2 Å². The van der Waals surface area contributed by atoms with Crippen molar-refractivity contribution in [2.24, 2.45) is 0 Å². The first-order valence-electron chi connectivity index (χ1n) is 6.26. The van der Waals surface area contributed by atoms with Crippen LogP contribution < -0.4 is 16.4 Å². The summed E-state index contributed by atoms with van der Waals surface area (Å²) >= 11 is 5.82. The molecule has 0 saturated heterocycles. The Morgan fingerprint density at radius 1 is 1.35 bits per heavy atom. The van der Waals surface area contributed by atoms with Gasteiger partial charge in [0.25, 0.3) is 0 Å². The number of nitrogens with two attached hydrogens (primary N) is 1. The Bertz CT molecular complexity index is 480. The zero-order valence-electron chi connectivity index (χ0n) is 11.2. The number of anilines is 2. The van der Waals surface area contributed by atoms with Crippen LogP contribution in [0.2, 0.25) is 5.02 Å². The molecule has 20 heavy (non-hydrogen) atoms. The van der Waals surface area contributed by atoms with Crippen LogP contribution in [0.3, 0.4) is 0 Å². The predicted octanol–water partition coefficient (Wildman–Crippen LogP) is 1.40. The highest BCUT2D eigenvalue weighted by Gasteiger charge is 2.13. The summed E-state index contributed by atoms with van der Waals surface area (Å²) in [5, 5.41) is 5.26. The number of nitrogen functional groups attached to an aromatic ring is 1. The summed E-state index contributed by atoms with van der Waals surface area (Å²) in [5.41, 5.74) is 6.37. The van der Waals surface area contributed by atoms with E-state index in [-0.39, 0.29) is 0 Å². The second kappa shape index (κ2) is 8.39. The number of nitrogens with one attached hydrogen (secondary N) is 2. The van der Waals surface area contributed by atoms with E-state index in [9.17, 15) is 9.59 Å². The van der Waals surface area contributed by atoms with Gasteiger partial charge in [-0.25, -0.2) is 0 Å². The molecule has 7 heteroatoms. The van der Waals surface area contributed by atoms with Gasteiger partial charge < -0.3 is 21.1 Å². The number of hydrogen-bond donors (Lipinski definition) is 3. The average molecular weight is 300 g/mol. The number of rotatable bonds is 6. The smallest absolute Gasteiger partial charge is 0.313 e. The Morgan fingerprint density at radius 2 is 2.10 bits per heavy atom. The summed E-state index contributed by atoms with van der Waals surface area (Å²) in [6.45, 7) is 3.46. The zero-order chi connectivity index (χ0) is 15.0. The number of hydrogen-bond acceptors (Lipinski definition) is 4. The Labute approximate surface area is 122 Å². The van der Waals surface area contributed by atoms with Crippen molar-refractivity contribution < 1.29 is 14.3 Å². The number of benzene rings is 1. The SMILES string of the molecule is CCOCCCNC(=O)C(=O)Nc1ccc(N)c(Cl)c1. The maximum atomic E-state index is 11.6. The third kappa shape index (κ3) is 5.46. The topological polar surface area (TPSA) is 93.4 Å². The quantitative estimate of drug-likeness (QED) is 0.420. The number of carbonyl (C=O) groups excluding carboxylic acids is 2. The van der Waals surface area contributed by atoms with Crippen LogP contribution in [-0.4, -0.2) is 31.6 Å². The third-order valence-corrected chi connectivity index (χ3v) is 2.75. The molecule has 0 bridgehead atoms. The highest BCUT2D eigenvalue weighted by atomic mass is 35.5. The summed E-state index contributed by atoms with van der Waals surface area (Å²) < 4.78 is 5.12. The fourth-order valence-electron chi connectivity index (χ4n) is 1.39. The monoisotopic (exact) mass is 299 g/mol. The van der Waals surface area contributed by atoms with E-state index >= 15 is 0 Å². The van der Waals surface area contributed by atoms with Gasteiger partial charge in [-0.05, 0) is 31.5 Å². The summed E-state index contributed by atoms with van der Waals surface area (Å²) in [5.74, 6) is -1.45. The van der Waals surface area contributed by atoms with Crippen molar-refractivity contribution in [1.29, 1.82) is 0 Å². The van der Waals surface area contributed by atoms with Crippen molar-refractivity contribution >= 4 is 34.8 Å². The Kier molecular flexibility index (Phi) is 6.83. The van der Waals surface area contributed by atoms with E-state index in [0.717, 1.165) is 0 Å². The molecule has 0 aliphatic rings. The van der Waals surface area contributed by atoms with E-state index in [1.807, 2.05) is 6.92 Å². The zero-order valence-corrected chi connectivity index (χ0v) is 12.0. The average Bonchev–Trinajstić information content (AvgIpc) is 2.42. The van der Waals surface area contributed by atoms with E-state index in [4.69, 9.17) is 22.1 Å². The molecule has 2 amide bonds. The van der Waals surface area contributed by atoms with Crippen LogP contribution in [-0.2, 0) is 14.3 Å². The third-order valence-electron chi connectivity index (χ3n) is 2.42. The summed E-state index contributed by atoms with van der Waals surface area (Å²) in [6.07, 6.45) is 0.653. The molecule has 110 valence electrons. The van der Waals surface area contributed by atoms with E-state index < -0.39 is 11.8 Å². The van der Waals surface area contributed by atoms with Gasteiger partial charge in [-0.3, -0.25) is 9.59 Å². The van der Waals surface area contributed by atoms with Gasteiger partial charge in [0, 0.05) is 25.4 Å². The lowest BCUT2D eigenvalue weighted by Crippen LogP contribution is -2.36. The van der Waals surface area contributed by atoms with E-state index in [1.165, 1.54) is 6.07 Å². The molecule has 0 fully saturated rings. The van der Waals surface area contributed by atoms with Crippen molar-refractivity contribution in [1.82, 2.24) is 5.32 Å². The molecule has 0 heterocycles. The number of amides is 2. The molecule has 0 aliphatic heterocycles. The second-order valence-corrected chi connectivity index (χ2v) is 4.40. The number of halogens is 1. The van der Waals surface area contributed by atoms with Gasteiger partial charge in [0.15, 0.2) is 0 Å². The maximum Gasteiger partial charge on any atom is 0.313 e. The van der Waals surface area contributed by atoms with Crippen molar-refractivity contribution in [3.8, 4) is 0 Å². The molecular weight excluding hydrogens is 282 g/mol. The molecule has 0 saturated carbocycles. The molecule has 1 aromatic carbocycles. The van der Waals surface area contributed by atoms with Crippen LogP contribution in [0.4, 0.5) is 11.4 Å². The van der Waals surface area contributed by atoms with E-state index in [2.05, 4.69) is 10.6 Å². The molecule has 0 aliphatic carbocycles. The highest BCUT2D eigenvalue weighted by Crippen LogP contribution is 2.22. The fourth-order valence-corrected chi connectivity index (χ4v) is 1.57. The normalized spacial score (nSPS) is 10.1. The van der Waals surface area contributed by atoms with Crippen molar-refractivity contribution in [2.75, 3.05) is 30.8 Å². The van der Waals surface area contributed by atoms with Crippen LogP contribution in [0, 0.1) is 0 Å². The predicted molar refractivity (Wildman–Crippen MR) is 78.6 cm³/mol. The molecule has 6 nitrogen and oxygen atoms in total. The molecule has 4 N–H and O–H groups in total. The van der Waals surface area contributed by atoms with Crippen LogP contribution in [0.1, 0.15) is 13.3 Å². The Morgan fingerprint density at radius 3 is 2.75 bits per heavy atom. The van der Waals surface area contributed by atoms with Gasteiger partial charge in [-0.15, -0.1) is 0 Å². The van der Waals surface area contributed by atoms with Gasteiger partial charge >= 0.3 is 11.8 Å². The van der Waals surface area contributed by atoms with Gasteiger partial charge in [0.1, 0.15) is 0 Å². The molecule has 1 rings (SSSR count). The Hall–Kier alpha value is -1.79. The first-order chi connectivity index (χ1) is 9.54. The van der Waals surface area contributed by atoms with Crippen LogP contribution >= 0.6 is 11.6 Å². The first-order valence-corrected chi connectivity index (χ1v) is 6.64. The van der Waals surface area contributed by atoms with Gasteiger partial charge in [0.2, 0.25) is 0 Å². The van der Waals surface area contributed by atoms with Gasteiger partial charge in [-0.2, -0.15) is 0 Å². The molecule has 0 aromatic heterocycles. The molecule has 0 spiro atoms. The Balaban J connectivity index is 2.37. The summed E-state index contributed by atoms with van der Waals surface area (Å²) in [6, 6.07) is 4.61. The molecule has 0 unspecified atom stereocenters. The molecule has 1 aromatic rings. The first kappa shape index (κ1) is 16.3. The molecule has 0 atom stereocenters. The van der Waals surface area contributed by atoms with E-state index in [1.54, 1.807) is 12.1 Å². The standard InChI is InChI=1S/C13H18ClN3O3/c1-2-20-7-3-6-16-12(18)13(19)17-9-4-5-11(15)10(14)8-9/h4-5,8H,2-3,6-7,15H2,1H3,(H,16,18)(H,17,19). The fraction of sp³-hybridized carbons (Fsp3) is 0.385. The number of ether oxygens (including phenoxy) is 1. The van der Waals surface area contributed by atoms with Crippen molar-refractivity contribution in [3.05, 3.63) is 23.2 Å². The molecule has 0 radical (unpaired) electrons. The minimum atomic E-state index is -0.748. The molecular formula is C13H18ClN3O3. The maximum absolute atomic E-state index is 11.6. The minimum Gasteiger partial charge on any atom is -0.398 e. The van der Waals surface area contributed by atoms with Crippen LogP contribution in [0.25, 0.3) is 0 Å². The van der Waals surface area contributed by atoms with Crippen LogP contribution in [0.5, 0.6) is 0 Å². The van der Waals surface area contributed by atoms with Crippen molar-refractivity contribution in [2.45, 2.75) is 13.3 Å². The highest BCUT2D eigenvalue weighted by molar-refractivity contribution is 6.40. The number of carbonyl (C=O) groups is 2. The van der Waals surface area contributed by atoms with Crippen molar-refractivity contribution in [3.63, 3.8) is 0 Å². The minimum absolute atomic E-state index is 0.319. The lowest BCUT2D eigenvalue weighted by atomic mass is 10.3. The van der Waals surface area contributed by atoms with Gasteiger partial charge in [-0.1, -0.05) is 11.6 Å². The lowest BCUT2D eigenvalue weighted by Gasteiger charge is -2.07. The lowest BCUT2D eigenvalue weighted by molar-refractivity contribution is -0.136.